The van der Waals surface area contributed by atoms with Crippen LogP contribution >= 0.6 is 11.8 Å². The van der Waals surface area contributed by atoms with E-state index < -0.39 is 0 Å². The number of aromatic nitrogens is 5. The molecule has 148 valence electrons. The average molecular weight is 415 g/mol. The molecule has 0 bridgehead atoms. The van der Waals surface area contributed by atoms with E-state index >= 15 is 0 Å². The fraction of sp³-hybridized carbons (Fsp3) is 0.0909. The zero-order valence-electron chi connectivity index (χ0n) is 16.1. The lowest BCUT2D eigenvalue weighted by Gasteiger charge is -2.08. The van der Waals surface area contributed by atoms with Crippen molar-refractivity contribution >= 4 is 11.8 Å². The van der Waals surface area contributed by atoms with Crippen molar-refractivity contribution in [1.29, 1.82) is 0 Å². The van der Waals surface area contributed by atoms with E-state index in [0.29, 0.717) is 34.3 Å². The Morgan fingerprint density at radius 3 is 2.60 bits per heavy atom. The third kappa shape index (κ3) is 3.65. The van der Waals surface area contributed by atoms with Gasteiger partial charge in [0, 0.05) is 11.3 Å². The topological polar surface area (TPSA) is 82.8 Å². The number of benzene rings is 2. The first-order valence-corrected chi connectivity index (χ1v) is 10.3. The first-order chi connectivity index (χ1) is 14.8. The molecular formula is C22H17N5O2S. The second-order valence-electron chi connectivity index (χ2n) is 6.61. The van der Waals surface area contributed by atoms with E-state index in [0.717, 1.165) is 16.8 Å². The highest BCUT2D eigenvalue weighted by molar-refractivity contribution is 7.98. The lowest BCUT2D eigenvalue weighted by Crippen LogP contribution is -1.99. The van der Waals surface area contributed by atoms with Gasteiger partial charge in [-0.05, 0) is 43.3 Å². The lowest BCUT2D eigenvalue weighted by atomic mass is 10.1. The minimum absolute atomic E-state index is 0.474. The summed E-state index contributed by atoms with van der Waals surface area (Å²) < 4.78 is 13.4. The maximum Gasteiger partial charge on any atom is 0.247 e. The van der Waals surface area contributed by atoms with Gasteiger partial charge in [-0.2, -0.15) is 0 Å². The Balaban J connectivity index is 1.42. The molecule has 0 saturated heterocycles. The Morgan fingerprint density at radius 2 is 1.80 bits per heavy atom. The molecule has 3 heterocycles. The van der Waals surface area contributed by atoms with Gasteiger partial charge in [0.15, 0.2) is 10.9 Å². The van der Waals surface area contributed by atoms with Crippen molar-refractivity contribution in [2.24, 2.45) is 0 Å². The molecule has 0 aliphatic rings. The summed E-state index contributed by atoms with van der Waals surface area (Å²) in [5.74, 6) is 2.80. The van der Waals surface area contributed by atoms with E-state index in [9.17, 15) is 0 Å². The highest BCUT2D eigenvalue weighted by Gasteiger charge is 2.19. The molecule has 0 aliphatic heterocycles. The Hall–Kier alpha value is -3.65. The standard InChI is InChI=1S/C22H17N5O2S/c1-15-7-5-8-16(13-15)21-25-23-19(29-21)14-30-22-26-24-20(18-11-6-12-28-18)27(22)17-9-3-2-4-10-17/h2-13H,14H2,1H3. The SMILES string of the molecule is Cc1cccc(-c2nnc(CSc3nnc(-c4ccco4)n3-c3ccccc3)o2)c1. The minimum Gasteiger partial charge on any atom is -0.461 e. The lowest BCUT2D eigenvalue weighted by molar-refractivity contribution is 0.528. The summed E-state index contributed by atoms with van der Waals surface area (Å²) >= 11 is 1.48. The number of rotatable bonds is 6. The quantitative estimate of drug-likeness (QED) is 0.353. The summed E-state index contributed by atoms with van der Waals surface area (Å²) in [6.45, 7) is 2.03. The number of furan rings is 1. The molecule has 2 aromatic carbocycles. The summed E-state index contributed by atoms with van der Waals surface area (Å²) in [4.78, 5) is 0. The number of aryl methyl sites for hydroxylation is 1. The van der Waals surface area contributed by atoms with Crippen molar-refractivity contribution in [3.8, 4) is 28.7 Å². The molecule has 0 atom stereocenters. The Bertz CT molecular complexity index is 1260. The largest absolute Gasteiger partial charge is 0.461 e. The predicted molar refractivity (Wildman–Crippen MR) is 113 cm³/mol. The van der Waals surface area contributed by atoms with E-state index in [1.54, 1.807) is 6.26 Å². The van der Waals surface area contributed by atoms with Gasteiger partial charge in [-0.15, -0.1) is 20.4 Å². The van der Waals surface area contributed by atoms with Crippen LogP contribution in [-0.2, 0) is 5.75 Å². The zero-order chi connectivity index (χ0) is 20.3. The smallest absolute Gasteiger partial charge is 0.247 e. The molecule has 0 aliphatic carbocycles. The van der Waals surface area contributed by atoms with E-state index in [1.807, 2.05) is 78.2 Å². The highest BCUT2D eigenvalue weighted by atomic mass is 32.2. The maximum atomic E-state index is 5.85. The number of hydrogen-bond donors (Lipinski definition) is 0. The number of thioether (sulfide) groups is 1. The average Bonchev–Trinajstić information content (AvgIpc) is 3.53. The van der Waals surface area contributed by atoms with Crippen LogP contribution < -0.4 is 0 Å². The van der Waals surface area contributed by atoms with Gasteiger partial charge >= 0.3 is 0 Å². The zero-order valence-corrected chi connectivity index (χ0v) is 16.9. The van der Waals surface area contributed by atoms with Gasteiger partial charge in [0.1, 0.15) is 0 Å². The Morgan fingerprint density at radius 1 is 0.900 bits per heavy atom. The van der Waals surface area contributed by atoms with Crippen LogP contribution in [0.3, 0.4) is 0 Å². The first kappa shape index (κ1) is 18.4. The van der Waals surface area contributed by atoms with Crippen LogP contribution in [-0.4, -0.2) is 25.0 Å². The number of hydrogen-bond acceptors (Lipinski definition) is 7. The summed E-state index contributed by atoms with van der Waals surface area (Å²) in [6, 6.07) is 21.6. The van der Waals surface area contributed by atoms with Gasteiger partial charge in [-0.3, -0.25) is 4.57 Å². The van der Waals surface area contributed by atoms with Crippen molar-refractivity contribution in [1.82, 2.24) is 25.0 Å². The van der Waals surface area contributed by atoms with Gasteiger partial charge in [0.2, 0.25) is 17.6 Å². The van der Waals surface area contributed by atoms with Crippen LogP contribution in [0.15, 0.2) is 87.0 Å². The molecule has 7 nitrogen and oxygen atoms in total. The highest BCUT2D eigenvalue weighted by Crippen LogP contribution is 2.30. The van der Waals surface area contributed by atoms with Crippen LogP contribution in [0.1, 0.15) is 11.5 Å². The van der Waals surface area contributed by atoms with Crippen molar-refractivity contribution in [3.63, 3.8) is 0 Å². The van der Waals surface area contributed by atoms with Crippen molar-refractivity contribution in [2.75, 3.05) is 0 Å². The summed E-state index contributed by atoms with van der Waals surface area (Å²) in [7, 11) is 0. The van der Waals surface area contributed by atoms with Gasteiger partial charge in [0.25, 0.3) is 0 Å². The molecule has 0 amide bonds. The van der Waals surface area contributed by atoms with Crippen molar-refractivity contribution in [3.05, 3.63) is 84.4 Å². The van der Waals surface area contributed by atoms with Crippen LogP contribution in [0.5, 0.6) is 0 Å². The summed E-state index contributed by atoms with van der Waals surface area (Å²) in [6.07, 6.45) is 1.62. The Kier molecular flexibility index (Phi) is 4.90. The molecule has 0 radical (unpaired) electrons. The monoisotopic (exact) mass is 415 g/mol. The predicted octanol–water partition coefficient (Wildman–Crippen LogP) is 5.18. The van der Waals surface area contributed by atoms with Crippen LogP contribution in [0.4, 0.5) is 0 Å². The van der Waals surface area contributed by atoms with E-state index in [4.69, 9.17) is 8.83 Å². The molecule has 5 aromatic rings. The normalized spacial score (nSPS) is 11.1. The number of nitrogens with zero attached hydrogens (tertiary/aromatic N) is 5. The molecule has 3 aromatic heterocycles. The fourth-order valence-electron chi connectivity index (χ4n) is 3.07. The molecule has 0 spiro atoms. The van der Waals surface area contributed by atoms with Crippen molar-refractivity contribution in [2.45, 2.75) is 17.8 Å². The minimum atomic E-state index is 0.474. The second kappa shape index (κ2) is 8.00. The van der Waals surface area contributed by atoms with E-state index in [2.05, 4.69) is 20.4 Å². The third-order valence-corrected chi connectivity index (χ3v) is 5.36. The third-order valence-electron chi connectivity index (χ3n) is 4.45. The molecule has 5 rings (SSSR count). The molecule has 0 N–H and O–H groups in total. The summed E-state index contributed by atoms with van der Waals surface area (Å²) in [5.41, 5.74) is 3.00. The van der Waals surface area contributed by atoms with Gasteiger partial charge in [0.05, 0.1) is 12.0 Å². The summed E-state index contributed by atoms with van der Waals surface area (Å²) in [5, 5.41) is 17.8. The number of para-hydroxylation sites is 1. The molecule has 0 fully saturated rings. The van der Waals surface area contributed by atoms with Gasteiger partial charge < -0.3 is 8.83 Å². The Labute approximate surface area is 176 Å². The first-order valence-electron chi connectivity index (χ1n) is 9.35. The molecule has 8 heteroatoms. The molecule has 0 unspecified atom stereocenters. The fourth-order valence-corrected chi connectivity index (χ4v) is 3.86. The van der Waals surface area contributed by atoms with Gasteiger partial charge in [-0.25, -0.2) is 0 Å². The molecule has 30 heavy (non-hydrogen) atoms. The van der Waals surface area contributed by atoms with Crippen molar-refractivity contribution < 1.29 is 8.83 Å². The maximum absolute atomic E-state index is 5.85. The molecular weight excluding hydrogens is 398 g/mol. The van der Waals surface area contributed by atoms with Crippen LogP contribution in [0.2, 0.25) is 0 Å². The van der Waals surface area contributed by atoms with Crippen LogP contribution in [0, 0.1) is 6.92 Å². The molecule has 0 saturated carbocycles. The van der Waals surface area contributed by atoms with Gasteiger partial charge in [-0.1, -0.05) is 47.7 Å². The van der Waals surface area contributed by atoms with E-state index in [-0.39, 0.29) is 0 Å². The van der Waals surface area contributed by atoms with Crippen LogP contribution in [0.25, 0.3) is 28.7 Å². The second-order valence-corrected chi connectivity index (χ2v) is 7.56. The van der Waals surface area contributed by atoms with E-state index in [1.165, 1.54) is 11.8 Å².